The summed E-state index contributed by atoms with van der Waals surface area (Å²) in [5, 5.41) is 0. The van der Waals surface area contributed by atoms with Gasteiger partial charge in [-0.05, 0) is 24.1 Å². The third kappa shape index (κ3) is 4.43. The molecule has 1 saturated heterocycles. The number of benzene rings is 2. The molecule has 0 aliphatic carbocycles. The fourth-order valence-electron chi connectivity index (χ4n) is 3.26. The molecule has 0 spiro atoms. The number of rotatable bonds is 3. The molecular weight excluding hydrogens is 341 g/mol. The molecule has 6 heteroatoms. The number of amides is 1. The highest BCUT2D eigenvalue weighted by Gasteiger charge is 2.36. The van der Waals surface area contributed by atoms with Crippen molar-refractivity contribution < 1.29 is 18.0 Å². The first-order chi connectivity index (χ1) is 12.4. The molecule has 138 valence electrons. The lowest BCUT2D eigenvalue weighted by atomic mass is 10.1. The summed E-state index contributed by atoms with van der Waals surface area (Å²) in [5.41, 5.74) is 0.0570. The van der Waals surface area contributed by atoms with Crippen LogP contribution in [0.2, 0.25) is 0 Å². The molecule has 1 aliphatic heterocycles. The summed E-state index contributed by atoms with van der Waals surface area (Å²) in [5.74, 6) is -0.542. The Bertz CT molecular complexity index is 746. The van der Waals surface area contributed by atoms with Crippen molar-refractivity contribution in [1.29, 1.82) is 0 Å². The molecule has 3 rings (SSSR count). The Hall–Kier alpha value is -2.34. The van der Waals surface area contributed by atoms with Crippen LogP contribution in [-0.4, -0.2) is 41.9 Å². The van der Waals surface area contributed by atoms with E-state index in [-0.39, 0.29) is 5.56 Å². The van der Waals surface area contributed by atoms with E-state index >= 15 is 0 Å². The number of carbonyl (C=O) groups excluding carboxylic acids is 1. The summed E-state index contributed by atoms with van der Waals surface area (Å²) in [6.45, 7) is 3.14. The average molecular weight is 362 g/mol. The van der Waals surface area contributed by atoms with Crippen molar-refractivity contribution in [2.24, 2.45) is 0 Å². The highest BCUT2D eigenvalue weighted by Crippen LogP contribution is 2.32. The van der Waals surface area contributed by atoms with Gasteiger partial charge in [0.1, 0.15) is 0 Å². The molecule has 1 heterocycles. The normalized spacial score (nSPS) is 16.3. The number of hydrogen-bond donors (Lipinski definition) is 0. The molecule has 0 bridgehead atoms. The van der Waals surface area contributed by atoms with Gasteiger partial charge in [-0.1, -0.05) is 42.5 Å². The van der Waals surface area contributed by atoms with E-state index in [2.05, 4.69) is 4.90 Å². The van der Waals surface area contributed by atoms with Crippen molar-refractivity contribution in [1.82, 2.24) is 9.80 Å². The Labute approximate surface area is 151 Å². The van der Waals surface area contributed by atoms with E-state index in [9.17, 15) is 18.0 Å². The van der Waals surface area contributed by atoms with Crippen LogP contribution in [0.4, 0.5) is 13.2 Å². The van der Waals surface area contributed by atoms with Gasteiger partial charge in [-0.3, -0.25) is 9.69 Å². The Balaban J connectivity index is 1.69. The molecule has 26 heavy (non-hydrogen) atoms. The van der Waals surface area contributed by atoms with E-state index in [4.69, 9.17) is 0 Å². The van der Waals surface area contributed by atoms with E-state index in [1.54, 1.807) is 0 Å². The van der Waals surface area contributed by atoms with Crippen molar-refractivity contribution in [3.8, 4) is 0 Å². The predicted molar refractivity (Wildman–Crippen MR) is 93.7 cm³/mol. The predicted octanol–water partition coefficient (Wildman–Crippen LogP) is 4.05. The Kier molecular flexibility index (Phi) is 5.61. The summed E-state index contributed by atoms with van der Waals surface area (Å²) >= 11 is 0. The Morgan fingerprint density at radius 2 is 1.58 bits per heavy atom. The molecule has 1 amide bonds. The molecule has 0 radical (unpaired) electrons. The van der Waals surface area contributed by atoms with Crippen molar-refractivity contribution in [2.75, 3.05) is 26.2 Å². The number of nitrogens with zero attached hydrogens (tertiary/aromatic N) is 2. The number of alkyl halides is 3. The molecule has 0 N–H and O–H groups in total. The largest absolute Gasteiger partial charge is 0.417 e. The number of carbonyl (C=O) groups is 1. The van der Waals surface area contributed by atoms with Crippen LogP contribution in [0.5, 0.6) is 0 Å². The fraction of sp³-hybridized carbons (Fsp3) is 0.350. The lowest BCUT2D eigenvalue weighted by Crippen LogP contribution is -2.36. The zero-order chi connectivity index (χ0) is 18.6. The lowest BCUT2D eigenvalue weighted by molar-refractivity contribution is -0.138. The minimum Gasteiger partial charge on any atom is -0.337 e. The van der Waals surface area contributed by atoms with Crippen LogP contribution in [0.15, 0.2) is 54.6 Å². The second-order valence-corrected chi connectivity index (χ2v) is 6.45. The summed E-state index contributed by atoms with van der Waals surface area (Å²) in [6.07, 6.45) is -3.79. The van der Waals surface area contributed by atoms with E-state index in [0.29, 0.717) is 19.6 Å². The standard InChI is InChI=1S/C20H21F3N2O/c21-20(22,23)18-10-5-4-9-17(18)19(26)25-12-6-11-24(13-14-25)15-16-7-2-1-3-8-16/h1-5,7-10H,6,11-15H2. The van der Waals surface area contributed by atoms with Gasteiger partial charge in [0.05, 0.1) is 11.1 Å². The van der Waals surface area contributed by atoms with Gasteiger partial charge < -0.3 is 4.90 Å². The zero-order valence-corrected chi connectivity index (χ0v) is 14.4. The maximum atomic E-state index is 13.2. The van der Waals surface area contributed by atoms with E-state index < -0.39 is 17.6 Å². The third-order valence-corrected chi connectivity index (χ3v) is 4.59. The molecule has 0 unspecified atom stereocenters. The minimum atomic E-state index is -4.53. The van der Waals surface area contributed by atoms with Crippen molar-refractivity contribution in [3.05, 3.63) is 71.3 Å². The molecule has 1 fully saturated rings. The van der Waals surface area contributed by atoms with Crippen LogP contribution in [0.1, 0.15) is 27.9 Å². The quantitative estimate of drug-likeness (QED) is 0.822. The van der Waals surface area contributed by atoms with Crippen LogP contribution in [0, 0.1) is 0 Å². The fourth-order valence-corrected chi connectivity index (χ4v) is 3.26. The molecular formula is C20H21F3N2O. The van der Waals surface area contributed by atoms with Gasteiger partial charge in [0.2, 0.25) is 0 Å². The van der Waals surface area contributed by atoms with E-state index in [1.807, 2.05) is 30.3 Å². The molecule has 0 aromatic heterocycles. The third-order valence-electron chi connectivity index (χ3n) is 4.59. The topological polar surface area (TPSA) is 23.6 Å². The Morgan fingerprint density at radius 3 is 2.31 bits per heavy atom. The lowest BCUT2D eigenvalue weighted by Gasteiger charge is -2.23. The Morgan fingerprint density at radius 1 is 0.885 bits per heavy atom. The summed E-state index contributed by atoms with van der Waals surface area (Å²) in [6, 6.07) is 15.0. The van der Waals surface area contributed by atoms with Crippen molar-refractivity contribution >= 4 is 5.91 Å². The van der Waals surface area contributed by atoms with Crippen LogP contribution in [0.3, 0.4) is 0 Å². The molecule has 2 aromatic rings. The van der Waals surface area contributed by atoms with Gasteiger partial charge in [0.15, 0.2) is 0 Å². The maximum absolute atomic E-state index is 13.2. The van der Waals surface area contributed by atoms with E-state index in [0.717, 1.165) is 25.6 Å². The first-order valence-electron chi connectivity index (χ1n) is 8.67. The van der Waals surface area contributed by atoms with Crippen LogP contribution in [0.25, 0.3) is 0 Å². The number of halogens is 3. The summed E-state index contributed by atoms with van der Waals surface area (Å²) in [4.78, 5) is 16.5. The van der Waals surface area contributed by atoms with Crippen molar-refractivity contribution in [2.45, 2.75) is 19.1 Å². The van der Waals surface area contributed by atoms with E-state index in [1.165, 1.54) is 28.7 Å². The monoisotopic (exact) mass is 362 g/mol. The highest BCUT2D eigenvalue weighted by molar-refractivity contribution is 5.96. The minimum absolute atomic E-state index is 0.267. The second kappa shape index (κ2) is 7.91. The van der Waals surface area contributed by atoms with Crippen molar-refractivity contribution in [3.63, 3.8) is 0 Å². The SMILES string of the molecule is O=C(c1ccccc1C(F)(F)F)N1CCCN(Cc2ccccc2)CC1. The molecule has 3 nitrogen and oxygen atoms in total. The summed E-state index contributed by atoms with van der Waals surface area (Å²) < 4.78 is 39.5. The van der Waals surface area contributed by atoms with Crippen LogP contribution in [-0.2, 0) is 12.7 Å². The molecule has 0 atom stereocenters. The molecule has 1 aliphatic rings. The number of hydrogen-bond acceptors (Lipinski definition) is 2. The first-order valence-corrected chi connectivity index (χ1v) is 8.67. The zero-order valence-electron chi connectivity index (χ0n) is 14.4. The average Bonchev–Trinajstić information content (AvgIpc) is 2.87. The maximum Gasteiger partial charge on any atom is 0.417 e. The first kappa shape index (κ1) is 18.5. The van der Waals surface area contributed by atoms with Gasteiger partial charge in [-0.2, -0.15) is 13.2 Å². The summed E-state index contributed by atoms with van der Waals surface area (Å²) in [7, 11) is 0. The highest BCUT2D eigenvalue weighted by atomic mass is 19.4. The van der Waals surface area contributed by atoms with Gasteiger partial charge in [0.25, 0.3) is 5.91 Å². The van der Waals surface area contributed by atoms with Gasteiger partial charge >= 0.3 is 6.18 Å². The van der Waals surface area contributed by atoms with Crippen LogP contribution >= 0.6 is 0 Å². The molecule has 0 saturated carbocycles. The van der Waals surface area contributed by atoms with Gasteiger partial charge in [-0.25, -0.2) is 0 Å². The van der Waals surface area contributed by atoms with Gasteiger partial charge in [0, 0.05) is 32.7 Å². The van der Waals surface area contributed by atoms with Crippen LogP contribution < -0.4 is 0 Å². The van der Waals surface area contributed by atoms with Gasteiger partial charge in [-0.15, -0.1) is 0 Å². The second-order valence-electron chi connectivity index (χ2n) is 6.45. The smallest absolute Gasteiger partial charge is 0.337 e. The molecule has 2 aromatic carbocycles.